The first kappa shape index (κ1) is 17.4. The van der Waals surface area contributed by atoms with Crippen molar-refractivity contribution in [3.63, 3.8) is 0 Å². The van der Waals surface area contributed by atoms with Gasteiger partial charge < -0.3 is 0 Å². The third-order valence-corrected chi connectivity index (χ3v) is 1.73. The van der Waals surface area contributed by atoms with Crippen molar-refractivity contribution >= 4 is 11.6 Å². The zero-order chi connectivity index (χ0) is 10.8. The molecular weight excluding hydrogens is 239 g/mol. The predicted molar refractivity (Wildman–Crippen MR) is 64.2 cm³/mol. The van der Waals surface area contributed by atoms with Gasteiger partial charge in [-0.05, 0) is 0 Å². The Morgan fingerprint density at radius 1 is 0.933 bits per heavy atom. The monoisotopic (exact) mass is 256 g/mol. The minimum absolute atomic E-state index is 0. The van der Waals surface area contributed by atoms with Gasteiger partial charge in [0.15, 0.2) is 0 Å². The standard InChI is InChI=1S/2C6H7.CH3Cl.Ti/c2*1-6-4-2-3-5-6;1-2;/h2*2,4H,3H2,1H3;1H3;/q2*-1;;+2. The molecule has 0 aromatic rings. The van der Waals surface area contributed by atoms with Crippen LogP contribution in [0.3, 0.4) is 0 Å². The van der Waals surface area contributed by atoms with E-state index in [1.54, 1.807) is 0 Å². The Balaban J connectivity index is 0. The van der Waals surface area contributed by atoms with E-state index in [1.165, 1.54) is 17.5 Å². The molecule has 0 nitrogen and oxygen atoms in total. The summed E-state index contributed by atoms with van der Waals surface area (Å²) in [6.45, 7) is 4.12. The molecule has 0 aromatic carbocycles. The van der Waals surface area contributed by atoms with Crippen molar-refractivity contribution < 1.29 is 21.7 Å². The van der Waals surface area contributed by atoms with Gasteiger partial charge in [-0.3, -0.25) is 12.2 Å². The molecule has 0 amide bonds. The van der Waals surface area contributed by atoms with Crippen LogP contribution in [0.15, 0.2) is 35.5 Å². The summed E-state index contributed by atoms with van der Waals surface area (Å²) in [5, 5.41) is 0. The number of rotatable bonds is 0. The second-order valence-electron chi connectivity index (χ2n) is 2.93. The Hall–Kier alpha value is -0.0357. The number of alkyl halides is 1. The molecule has 0 aromatic heterocycles. The van der Waals surface area contributed by atoms with Crippen molar-refractivity contribution in [1.82, 2.24) is 0 Å². The third kappa shape index (κ3) is 10.3. The van der Waals surface area contributed by atoms with Crippen LogP contribution in [-0.4, -0.2) is 6.38 Å². The van der Waals surface area contributed by atoms with Crippen LogP contribution < -0.4 is 0 Å². The zero-order valence-electron chi connectivity index (χ0n) is 9.60. The Labute approximate surface area is 114 Å². The van der Waals surface area contributed by atoms with Gasteiger partial charge in [-0.2, -0.15) is 12.2 Å². The van der Waals surface area contributed by atoms with Crippen LogP contribution in [0.1, 0.15) is 26.7 Å². The summed E-state index contributed by atoms with van der Waals surface area (Å²) in [4.78, 5) is 0. The molecule has 15 heavy (non-hydrogen) atoms. The average molecular weight is 257 g/mol. The Morgan fingerprint density at radius 3 is 1.33 bits per heavy atom. The van der Waals surface area contributed by atoms with Crippen LogP contribution in [0.2, 0.25) is 0 Å². The van der Waals surface area contributed by atoms with Gasteiger partial charge in [-0.25, -0.2) is 23.3 Å². The van der Waals surface area contributed by atoms with Crippen molar-refractivity contribution in [2.75, 3.05) is 6.38 Å². The molecule has 0 saturated heterocycles. The molecular formula is C13H17ClTi. The molecule has 0 aliphatic heterocycles. The molecule has 0 unspecified atom stereocenters. The van der Waals surface area contributed by atoms with E-state index in [0.717, 1.165) is 12.8 Å². The van der Waals surface area contributed by atoms with Crippen molar-refractivity contribution in [2.45, 2.75) is 26.7 Å². The molecule has 0 atom stereocenters. The zero-order valence-corrected chi connectivity index (χ0v) is 11.9. The van der Waals surface area contributed by atoms with E-state index in [9.17, 15) is 0 Å². The number of hydrogen-bond donors (Lipinski definition) is 0. The molecule has 2 aliphatic rings. The van der Waals surface area contributed by atoms with Crippen LogP contribution in [0, 0.1) is 12.2 Å². The van der Waals surface area contributed by atoms with E-state index in [0.29, 0.717) is 0 Å². The number of halogens is 1. The van der Waals surface area contributed by atoms with Gasteiger partial charge in [0.2, 0.25) is 0 Å². The molecule has 0 fully saturated rings. The SMILES string of the molecule is CC1=[C-]CC=C1.CC1=[C-]CC=C1.CCl.[Ti+2]. The number of hydrogen-bond acceptors (Lipinski definition) is 0. The number of allylic oxidation sites excluding steroid dienone is 8. The van der Waals surface area contributed by atoms with Crippen LogP contribution in [0.25, 0.3) is 0 Å². The summed E-state index contributed by atoms with van der Waals surface area (Å²) < 4.78 is 0. The van der Waals surface area contributed by atoms with E-state index in [2.05, 4.69) is 61.9 Å². The van der Waals surface area contributed by atoms with Gasteiger partial charge in [0.05, 0.1) is 0 Å². The molecule has 0 spiro atoms. The summed E-state index contributed by atoms with van der Waals surface area (Å²) in [7, 11) is 0. The first-order chi connectivity index (χ1) is 6.79. The Bertz CT molecular complexity index is 226. The summed E-state index contributed by atoms with van der Waals surface area (Å²) in [6.07, 6.45) is 18.1. The predicted octanol–water partition coefficient (Wildman–Crippen LogP) is 4.24. The van der Waals surface area contributed by atoms with Crippen LogP contribution in [0.5, 0.6) is 0 Å². The molecule has 0 bridgehead atoms. The van der Waals surface area contributed by atoms with E-state index >= 15 is 0 Å². The van der Waals surface area contributed by atoms with E-state index in [-0.39, 0.29) is 21.7 Å². The normalized spacial score (nSPS) is 15.2. The Kier molecular flexibility index (Phi) is 13.9. The molecule has 2 rings (SSSR count). The second-order valence-corrected chi connectivity index (χ2v) is 2.93. The Morgan fingerprint density at radius 2 is 1.27 bits per heavy atom. The van der Waals surface area contributed by atoms with E-state index < -0.39 is 0 Å². The maximum atomic E-state index is 4.64. The second kappa shape index (κ2) is 12.0. The maximum absolute atomic E-state index is 4.64. The van der Waals surface area contributed by atoms with Gasteiger partial charge in [0, 0.05) is 6.38 Å². The fourth-order valence-corrected chi connectivity index (χ4v) is 1.03. The van der Waals surface area contributed by atoms with Crippen molar-refractivity contribution in [3.8, 4) is 0 Å². The van der Waals surface area contributed by atoms with Gasteiger partial charge in [-0.15, -0.1) is 24.4 Å². The van der Waals surface area contributed by atoms with Crippen molar-refractivity contribution in [1.29, 1.82) is 0 Å². The summed E-state index contributed by atoms with van der Waals surface area (Å²) in [6, 6.07) is 0. The first-order valence-corrected chi connectivity index (χ1v) is 5.40. The molecule has 0 saturated carbocycles. The summed E-state index contributed by atoms with van der Waals surface area (Å²) >= 11 is 4.64. The summed E-state index contributed by atoms with van der Waals surface area (Å²) in [5.74, 6) is 0. The van der Waals surface area contributed by atoms with Gasteiger partial charge in [-0.1, -0.05) is 13.8 Å². The fraction of sp³-hybridized carbons (Fsp3) is 0.385. The van der Waals surface area contributed by atoms with E-state index in [1.807, 2.05) is 0 Å². The molecule has 2 aliphatic carbocycles. The largest absolute Gasteiger partial charge is 2.00 e. The van der Waals surface area contributed by atoms with Crippen LogP contribution in [-0.2, 0) is 21.7 Å². The first-order valence-electron chi connectivity index (χ1n) is 4.65. The van der Waals surface area contributed by atoms with Crippen LogP contribution in [0.4, 0.5) is 0 Å². The molecule has 80 valence electrons. The van der Waals surface area contributed by atoms with Gasteiger partial charge in [0.25, 0.3) is 0 Å². The van der Waals surface area contributed by atoms with Crippen LogP contribution >= 0.6 is 11.6 Å². The van der Waals surface area contributed by atoms with Crippen molar-refractivity contribution in [3.05, 3.63) is 47.6 Å². The minimum atomic E-state index is 0. The third-order valence-electron chi connectivity index (χ3n) is 1.73. The van der Waals surface area contributed by atoms with E-state index in [4.69, 9.17) is 0 Å². The van der Waals surface area contributed by atoms with Gasteiger partial charge >= 0.3 is 21.7 Å². The molecule has 2 heteroatoms. The quantitative estimate of drug-likeness (QED) is 0.345. The molecule has 0 heterocycles. The van der Waals surface area contributed by atoms with Crippen molar-refractivity contribution in [2.24, 2.45) is 0 Å². The topological polar surface area (TPSA) is 0 Å². The average Bonchev–Trinajstić information content (AvgIpc) is 2.83. The minimum Gasteiger partial charge on any atom is -0.270 e. The fourth-order valence-electron chi connectivity index (χ4n) is 1.03. The smallest absolute Gasteiger partial charge is 0.270 e. The maximum Gasteiger partial charge on any atom is 2.00 e. The molecule has 0 radical (unpaired) electrons. The summed E-state index contributed by atoms with van der Waals surface area (Å²) in [5.41, 5.74) is 2.55. The van der Waals surface area contributed by atoms with Gasteiger partial charge in [0.1, 0.15) is 0 Å². The molecule has 0 N–H and O–H groups in total.